The average Bonchev–Trinajstić information content (AvgIpc) is 2.85. The summed E-state index contributed by atoms with van der Waals surface area (Å²) in [7, 11) is 0. The molecule has 0 spiro atoms. The number of aldehydes is 1. The first-order chi connectivity index (χ1) is 11.1. The van der Waals surface area contributed by atoms with Gasteiger partial charge in [-0.15, -0.1) is 0 Å². The number of benzene rings is 2. The second-order valence-electron chi connectivity index (χ2n) is 5.05. The number of carbonyl (C=O) groups excluding carboxylic acids is 2. The molecule has 0 saturated heterocycles. The summed E-state index contributed by atoms with van der Waals surface area (Å²) in [5, 5.41) is 11.8. The van der Waals surface area contributed by atoms with Gasteiger partial charge in [0.05, 0.1) is 10.4 Å². The Morgan fingerprint density at radius 1 is 1.13 bits per heavy atom. The van der Waals surface area contributed by atoms with Gasteiger partial charge < -0.3 is 0 Å². The molecule has 2 aromatic carbocycles. The lowest BCUT2D eigenvalue weighted by Gasteiger charge is -2.07. The summed E-state index contributed by atoms with van der Waals surface area (Å²) in [6.07, 6.45) is 0.695. The van der Waals surface area contributed by atoms with Crippen LogP contribution in [0.25, 0.3) is 10.9 Å². The molecule has 23 heavy (non-hydrogen) atoms. The molecule has 3 rings (SSSR count). The predicted molar refractivity (Wildman–Crippen MR) is 84.9 cm³/mol. The smallest absolute Gasteiger partial charge is 0.282 e. The highest BCUT2D eigenvalue weighted by Crippen LogP contribution is 2.27. The molecule has 3 aromatic rings. The van der Waals surface area contributed by atoms with Gasteiger partial charge in [0.1, 0.15) is 5.56 Å². The largest absolute Gasteiger partial charge is 0.298 e. The Bertz CT molecular complexity index is 956. The van der Waals surface area contributed by atoms with E-state index in [-0.39, 0.29) is 11.3 Å². The monoisotopic (exact) mass is 308 g/mol. The van der Waals surface area contributed by atoms with Crippen molar-refractivity contribution in [2.24, 2.45) is 0 Å². The standard InChI is InChI=1S/C17H12N2O4/c1-11-14(10-20)12-6-2-4-8-15(12)18(11)17(21)13-7-3-5-9-16(13)19(22)23/h2-10H,1H3. The Morgan fingerprint density at radius 2 is 1.78 bits per heavy atom. The number of nitro benzene ring substituents is 1. The van der Waals surface area contributed by atoms with Crippen LogP contribution in [0.15, 0.2) is 48.5 Å². The normalized spacial score (nSPS) is 10.7. The van der Waals surface area contributed by atoms with Gasteiger partial charge in [0, 0.05) is 22.7 Å². The SMILES string of the molecule is Cc1c(C=O)c2ccccc2n1C(=O)c1ccccc1[N+](=O)[O-]. The maximum absolute atomic E-state index is 12.9. The van der Waals surface area contributed by atoms with Crippen LogP contribution in [-0.4, -0.2) is 21.7 Å². The zero-order valence-electron chi connectivity index (χ0n) is 12.2. The molecule has 0 atom stereocenters. The van der Waals surface area contributed by atoms with Gasteiger partial charge in [-0.25, -0.2) is 0 Å². The predicted octanol–water partition coefficient (Wildman–Crippen LogP) is 3.36. The van der Waals surface area contributed by atoms with E-state index in [9.17, 15) is 19.7 Å². The zero-order chi connectivity index (χ0) is 16.6. The lowest BCUT2D eigenvalue weighted by Crippen LogP contribution is -2.15. The van der Waals surface area contributed by atoms with Crippen LogP contribution in [0.4, 0.5) is 5.69 Å². The second-order valence-corrected chi connectivity index (χ2v) is 5.05. The molecule has 0 radical (unpaired) electrons. The van der Waals surface area contributed by atoms with Crippen molar-refractivity contribution in [2.45, 2.75) is 6.92 Å². The van der Waals surface area contributed by atoms with Crippen LogP contribution in [0.2, 0.25) is 0 Å². The molecule has 0 saturated carbocycles. The average molecular weight is 308 g/mol. The third-order valence-corrected chi connectivity index (χ3v) is 3.81. The van der Waals surface area contributed by atoms with Crippen molar-refractivity contribution >= 4 is 28.8 Å². The maximum atomic E-state index is 12.9. The van der Waals surface area contributed by atoms with Crippen LogP contribution in [0, 0.1) is 17.0 Å². The highest BCUT2D eigenvalue weighted by atomic mass is 16.6. The third kappa shape index (κ3) is 2.20. The van der Waals surface area contributed by atoms with E-state index in [1.54, 1.807) is 37.3 Å². The number of hydrogen-bond donors (Lipinski definition) is 0. The van der Waals surface area contributed by atoms with Crippen molar-refractivity contribution in [2.75, 3.05) is 0 Å². The lowest BCUT2D eigenvalue weighted by atomic mass is 10.1. The number of rotatable bonds is 3. The molecule has 0 N–H and O–H groups in total. The van der Waals surface area contributed by atoms with E-state index in [0.717, 1.165) is 0 Å². The Kier molecular flexibility index (Phi) is 3.50. The van der Waals surface area contributed by atoms with Gasteiger partial charge in [-0.2, -0.15) is 0 Å². The highest BCUT2D eigenvalue weighted by molar-refractivity contribution is 6.09. The van der Waals surface area contributed by atoms with Gasteiger partial charge in [-0.1, -0.05) is 30.3 Å². The lowest BCUT2D eigenvalue weighted by molar-refractivity contribution is -0.385. The zero-order valence-corrected chi connectivity index (χ0v) is 12.2. The number of nitro groups is 1. The highest BCUT2D eigenvalue weighted by Gasteiger charge is 2.24. The number of nitrogens with zero attached hydrogens (tertiary/aromatic N) is 2. The number of aromatic nitrogens is 1. The van der Waals surface area contributed by atoms with Gasteiger partial charge in [-0.3, -0.25) is 24.3 Å². The first-order valence-electron chi connectivity index (χ1n) is 6.89. The molecule has 0 aliphatic rings. The molecule has 0 amide bonds. The first-order valence-corrected chi connectivity index (χ1v) is 6.89. The van der Waals surface area contributed by atoms with E-state index in [0.29, 0.717) is 28.4 Å². The van der Waals surface area contributed by atoms with Crippen molar-refractivity contribution < 1.29 is 14.5 Å². The fourth-order valence-electron chi connectivity index (χ4n) is 2.74. The summed E-state index contributed by atoms with van der Waals surface area (Å²) in [4.78, 5) is 34.8. The van der Waals surface area contributed by atoms with Crippen LogP contribution in [0.5, 0.6) is 0 Å². The van der Waals surface area contributed by atoms with Crippen LogP contribution >= 0.6 is 0 Å². The van der Waals surface area contributed by atoms with E-state index in [1.165, 1.54) is 22.8 Å². The van der Waals surface area contributed by atoms with Crippen molar-refractivity contribution in [3.05, 3.63) is 75.5 Å². The van der Waals surface area contributed by atoms with Crippen LogP contribution in [0.1, 0.15) is 26.4 Å². The van der Waals surface area contributed by atoms with E-state index in [2.05, 4.69) is 0 Å². The summed E-state index contributed by atoms with van der Waals surface area (Å²) < 4.78 is 1.35. The van der Waals surface area contributed by atoms with E-state index in [4.69, 9.17) is 0 Å². The van der Waals surface area contributed by atoms with Crippen LogP contribution in [-0.2, 0) is 0 Å². The number of hydrogen-bond acceptors (Lipinski definition) is 4. The molecule has 0 unspecified atom stereocenters. The molecule has 1 heterocycles. The first kappa shape index (κ1) is 14.6. The van der Waals surface area contributed by atoms with Crippen molar-refractivity contribution in [3.63, 3.8) is 0 Å². The minimum Gasteiger partial charge on any atom is -0.298 e. The molecule has 0 aliphatic carbocycles. The Hall–Kier alpha value is -3.28. The quantitative estimate of drug-likeness (QED) is 0.422. The molecule has 6 heteroatoms. The minimum atomic E-state index is -0.588. The van der Waals surface area contributed by atoms with Crippen LogP contribution < -0.4 is 0 Å². The summed E-state index contributed by atoms with van der Waals surface area (Å²) in [5.41, 5.74) is 1.15. The minimum absolute atomic E-state index is 0.0150. The van der Waals surface area contributed by atoms with E-state index < -0.39 is 10.8 Å². The van der Waals surface area contributed by atoms with Gasteiger partial charge in [-0.05, 0) is 19.1 Å². The van der Waals surface area contributed by atoms with Crippen molar-refractivity contribution in [1.29, 1.82) is 0 Å². The van der Waals surface area contributed by atoms with Gasteiger partial charge in [0.15, 0.2) is 6.29 Å². The molecule has 0 bridgehead atoms. The summed E-state index contributed by atoms with van der Waals surface area (Å²) in [6.45, 7) is 1.65. The summed E-state index contributed by atoms with van der Waals surface area (Å²) in [5.74, 6) is -0.529. The third-order valence-electron chi connectivity index (χ3n) is 3.81. The molecule has 0 aliphatic heterocycles. The fourth-order valence-corrected chi connectivity index (χ4v) is 2.74. The van der Waals surface area contributed by atoms with Crippen molar-refractivity contribution in [1.82, 2.24) is 4.57 Å². The molecule has 6 nitrogen and oxygen atoms in total. The van der Waals surface area contributed by atoms with E-state index in [1.807, 2.05) is 0 Å². The van der Waals surface area contributed by atoms with Gasteiger partial charge >= 0.3 is 0 Å². The second kappa shape index (κ2) is 5.49. The van der Waals surface area contributed by atoms with Gasteiger partial charge in [0.25, 0.3) is 11.6 Å². The molecular weight excluding hydrogens is 296 g/mol. The summed E-state index contributed by atoms with van der Waals surface area (Å²) >= 11 is 0. The van der Waals surface area contributed by atoms with Crippen LogP contribution in [0.3, 0.4) is 0 Å². The molecule has 0 fully saturated rings. The number of para-hydroxylation sites is 2. The fraction of sp³-hybridized carbons (Fsp3) is 0.0588. The Morgan fingerprint density at radius 3 is 2.48 bits per heavy atom. The Balaban J connectivity index is 2.30. The number of carbonyl (C=O) groups is 2. The molecule has 114 valence electrons. The topological polar surface area (TPSA) is 82.2 Å². The molecular formula is C17H12N2O4. The summed E-state index contributed by atoms with van der Waals surface area (Å²) in [6, 6.07) is 12.8. The van der Waals surface area contributed by atoms with E-state index >= 15 is 0 Å². The molecule has 1 aromatic heterocycles. The number of fused-ring (bicyclic) bond motifs is 1. The van der Waals surface area contributed by atoms with Crippen molar-refractivity contribution in [3.8, 4) is 0 Å². The maximum Gasteiger partial charge on any atom is 0.282 e. The van der Waals surface area contributed by atoms with Gasteiger partial charge in [0.2, 0.25) is 0 Å². The Labute approximate surface area is 131 Å².